The Labute approximate surface area is 132 Å². The third kappa shape index (κ3) is 3.05. The van der Waals surface area contributed by atoms with Crippen molar-refractivity contribution in [3.05, 3.63) is 66.5 Å². The molecule has 1 N–H and O–H groups in total. The SMILES string of the molecule is Cc1ccc(C(O)c2cc(Br)ccc2Br)c(Br)c1. The van der Waals surface area contributed by atoms with Gasteiger partial charge in [0.25, 0.3) is 0 Å². The molecule has 0 aromatic heterocycles. The van der Waals surface area contributed by atoms with Gasteiger partial charge in [-0.2, -0.15) is 0 Å². The highest BCUT2D eigenvalue weighted by molar-refractivity contribution is 9.11. The number of hydrogen-bond donors (Lipinski definition) is 1. The second-order valence-electron chi connectivity index (χ2n) is 4.09. The molecule has 0 saturated heterocycles. The summed E-state index contributed by atoms with van der Waals surface area (Å²) < 4.78 is 2.76. The molecule has 0 aliphatic carbocycles. The first-order chi connectivity index (χ1) is 8.49. The number of aryl methyl sites for hydroxylation is 1. The summed E-state index contributed by atoms with van der Waals surface area (Å²) in [7, 11) is 0. The van der Waals surface area contributed by atoms with E-state index in [1.54, 1.807) is 0 Å². The van der Waals surface area contributed by atoms with Gasteiger partial charge in [-0.25, -0.2) is 0 Å². The molecule has 94 valence electrons. The van der Waals surface area contributed by atoms with Crippen molar-refractivity contribution in [2.24, 2.45) is 0 Å². The number of rotatable bonds is 2. The van der Waals surface area contributed by atoms with Crippen molar-refractivity contribution < 1.29 is 5.11 Å². The summed E-state index contributed by atoms with van der Waals surface area (Å²) in [6, 6.07) is 11.7. The van der Waals surface area contributed by atoms with Crippen LogP contribution < -0.4 is 0 Å². The highest BCUT2D eigenvalue weighted by atomic mass is 79.9. The highest BCUT2D eigenvalue weighted by Gasteiger charge is 2.16. The molecule has 1 nitrogen and oxygen atoms in total. The van der Waals surface area contributed by atoms with Gasteiger partial charge in [-0.1, -0.05) is 59.9 Å². The maximum absolute atomic E-state index is 10.5. The predicted octanol–water partition coefficient (Wildman–Crippen LogP) is 5.36. The molecule has 4 heteroatoms. The second kappa shape index (κ2) is 5.87. The van der Waals surface area contributed by atoms with E-state index in [-0.39, 0.29) is 0 Å². The van der Waals surface area contributed by atoms with Crippen molar-refractivity contribution in [3.8, 4) is 0 Å². The molecule has 0 fully saturated rings. The lowest BCUT2D eigenvalue weighted by Gasteiger charge is -2.15. The van der Waals surface area contributed by atoms with Crippen LogP contribution in [0.3, 0.4) is 0 Å². The van der Waals surface area contributed by atoms with Gasteiger partial charge < -0.3 is 5.11 Å². The van der Waals surface area contributed by atoms with E-state index in [1.807, 2.05) is 43.3 Å². The van der Waals surface area contributed by atoms with Gasteiger partial charge in [-0.3, -0.25) is 0 Å². The zero-order valence-corrected chi connectivity index (χ0v) is 14.4. The first kappa shape index (κ1) is 14.3. The smallest absolute Gasteiger partial charge is 0.106 e. The molecule has 0 spiro atoms. The van der Waals surface area contributed by atoms with E-state index in [4.69, 9.17) is 0 Å². The predicted molar refractivity (Wildman–Crippen MR) is 84.8 cm³/mol. The van der Waals surface area contributed by atoms with E-state index in [2.05, 4.69) is 47.8 Å². The lowest BCUT2D eigenvalue weighted by atomic mass is 10.0. The molecule has 0 heterocycles. The summed E-state index contributed by atoms with van der Waals surface area (Å²) in [6.45, 7) is 2.02. The molecule has 0 aliphatic rings. The van der Waals surface area contributed by atoms with Crippen LogP contribution in [0.15, 0.2) is 49.8 Å². The van der Waals surface area contributed by atoms with Gasteiger partial charge in [0.2, 0.25) is 0 Å². The molecule has 1 unspecified atom stereocenters. The molecule has 2 rings (SSSR count). The van der Waals surface area contributed by atoms with Gasteiger partial charge in [-0.05, 0) is 42.3 Å². The van der Waals surface area contributed by atoms with E-state index in [0.29, 0.717) is 0 Å². The Morgan fingerprint density at radius 1 is 0.889 bits per heavy atom. The summed E-state index contributed by atoms with van der Waals surface area (Å²) in [5.41, 5.74) is 2.86. The largest absolute Gasteiger partial charge is 0.384 e. The minimum absolute atomic E-state index is 0.660. The Balaban J connectivity index is 2.47. The maximum Gasteiger partial charge on any atom is 0.106 e. The van der Waals surface area contributed by atoms with Crippen LogP contribution in [0.1, 0.15) is 22.8 Å². The third-order valence-corrected chi connectivity index (χ3v) is 4.61. The first-order valence-corrected chi connectivity index (χ1v) is 7.76. The summed E-state index contributed by atoms with van der Waals surface area (Å²) in [6.07, 6.45) is -0.660. The second-order valence-corrected chi connectivity index (χ2v) is 6.72. The zero-order valence-electron chi connectivity index (χ0n) is 9.62. The quantitative estimate of drug-likeness (QED) is 0.674. The average Bonchev–Trinajstić information content (AvgIpc) is 2.31. The van der Waals surface area contributed by atoms with Crippen LogP contribution in [0.4, 0.5) is 0 Å². The van der Waals surface area contributed by atoms with E-state index in [0.717, 1.165) is 30.1 Å². The van der Waals surface area contributed by atoms with Gasteiger partial charge in [0, 0.05) is 19.0 Å². The standard InChI is InChI=1S/C14H11Br3O/c1-8-2-4-10(13(17)6-8)14(18)11-7-9(15)3-5-12(11)16/h2-7,14,18H,1H3. The van der Waals surface area contributed by atoms with Crippen LogP contribution in [0, 0.1) is 6.92 Å². The van der Waals surface area contributed by atoms with Crippen LogP contribution in [0.5, 0.6) is 0 Å². The van der Waals surface area contributed by atoms with E-state index < -0.39 is 6.10 Å². The molecule has 18 heavy (non-hydrogen) atoms. The molecule has 2 aromatic carbocycles. The minimum atomic E-state index is -0.660. The minimum Gasteiger partial charge on any atom is -0.384 e. The van der Waals surface area contributed by atoms with Crippen LogP contribution in [0.25, 0.3) is 0 Å². The number of aliphatic hydroxyl groups excluding tert-OH is 1. The Morgan fingerprint density at radius 3 is 2.28 bits per heavy atom. The van der Waals surface area contributed by atoms with E-state index in [1.165, 1.54) is 0 Å². The fourth-order valence-corrected chi connectivity index (χ4v) is 3.30. The Kier molecular flexibility index (Phi) is 4.64. The molecule has 0 radical (unpaired) electrons. The average molecular weight is 435 g/mol. The zero-order chi connectivity index (χ0) is 13.3. The Morgan fingerprint density at radius 2 is 1.61 bits per heavy atom. The summed E-state index contributed by atoms with van der Waals surface area (Å²) in [5, 5.41) is 10.5. The third-order valence-electron chi connectivity index (χ3n) is 2.70. The lowest BCUT2D eigenvalue weighted by Crippen LogP contribution is -2.02. The normalized spacial score (nSPS) is 12.5. The molecule has 0 amide bonds. The molecular formula is C14H11Br3O. The van der Waals surface area contributed by atoms with Crippen molar-refractivity contribution in [2.75, 3.05) is 0 Å². The van der Waals surface area contributed by atoms with Gasteiger partial charge >= 0.3 is 0 Å². The summed E-state index contributed by atoms with van der Waals surface area (Å²) >= 11 is 10.4. The monoisotopic (exact) mass is 432 g/mol. The topological polar surface area (TPSA) is 20.2 Å². The van der Waals surface area contributed by atoms with Gasteiger partial charge in [-0.15, -0.1) is 0 Å². The molecule has 1 atom stereocenters. The van der Waals surface area contributed by atoms with Crippen molar-refractivity contribution in [2.45, 2.75) is 13.0 Å². The highest BCUT2D eigenvalue weighted by Crippen LogP contribution is 2.34. The fourth-order valence-electron chi connectivity index (χ4n) is 1.75. The molecule has 0 saturated carbocycles. The lowest BCUT2D eigenvalue weighted by molar-refractivity contribution is 0.218. The van der Waals surface area contributed by atoms with Crippen molar-refractivity contribution in [1.29, 1.82) is 0 Å². The van der Waals surface area contributed by atoms with Crippen molar-refractivity contribution in [3.63, 3.8) is 0 Å². The van der Waals surface area contributed by atoms with Gasteiger partial charge in [0.15, 0.2) is 0 Å². The number of aliphatic hydroxyl groups is 1. The van der Waals surface area contributed by atoms with Gasteiger partial charge in [0.1, 0.15) is 6.10 Å². The fraction of sp³-hybridized carbons (Fsp3) is 0.143. The van der Waals surface area contributed by atoms with Crippen LogP contribution in [-0.4, -0.2) is 5.11 Å². The summed E-state index contributed by atoms with van der Waals surface area (Å²) in [5.74, 6) is 0. The molecule has 0 bridgehead atoms. The summed E-state index contributed by atoms with van der Waals surface area (Å²) in [4.78, 5) is 0. The van der Waals surface area contributed by atoms with E-state index >= 15 is 0 Å². The van der Waals surface area contributed by atoms with Crippen LogP contribution in [0.2, 0.25) is 0 Å². The van der Waals surface area contributed by atoms with Crippen molar-refractivity contribution in [1.82, 2.24) is 0 Å². The number of benzene rings is 2. The van der Waals surface area contributed by atoms with E-state index in [9.17, 15) is 5.11 Å². The maximum atomic E-state index is 10.5. The van der Waals surface area contributed by atoms with Crippen LogP contribution in [-0.2, 0) is 0 Å². The van der Waals surface area contributed by atoms with Crippen molar-refractivity contribution >= 4 is 47.8 Å². The molecule has 0 aliphatic heterocycles. The Hall–Kier alpha value is -0.160. The Bertz CT molecular complexity index is 581. The van der Waals surface area contributed by atoms with Crippen LogP contribution >= 0.6 is 47.8 Å². The van der Waals surface area contributed by atoms with Gasteiger partial charge in [0.05, 0.1) is 0 Å². The molecular weight excluding hydrogens is 424 g/mol. The molecule has 2 aromatic rings. The first-order valence-electron chi connectivity index (χ1n) is 5.38. The number of hydrogen-bond acceptors (Lipinski definition) is 1. The number of halogens is 3.